The molecule has 0 aromatic heterocycles. The van der Waals surface area contributed by atoms with Gasteiger partial charge in [-0.05, 0) is 0 Å². The number of carboxylic acids is 1. The summed E-state index contributed by atoms with van der Waals surface area (Å²) in [6.45, 7) is -0.538. The largest absolute Gasteiger partial charge is 4.00 e. The van der Waals surface area contributed by atoms with Crippen molar-refractivity contribution >= 4 is 11.9 Å². The van der Waals surface area contributed by atoms with Crippen LogP contribution >= 0.6 is 0 Å². The van der Waals surface area contributed by atoms with Gasteiger partial charge >= 0.3 is 27.0 Å². The van der Waals surface area contributed by atoms with Crippen LogP contribution in [0.5, 0.6) is 0 Å². The predicted octanol–water partition coefficient (Wildman–Crippen LogP) is -8.20. The van der Waals surface area contributed by atoms with E-state index < -0.39 is 11.9 Å². The van der Waals surface area contributed by atoms with Crippen LogP contribution in [0.3, 0.4) is 0 Å². The van der Waals surface area contributed by atoms with Crippen molar-refractivity contribution in [3.63, 3.8) is 0 Å². The molecule has 0 aromatic rings. The van der Waals surface area contributed by atoms with Crippen LogP contribution in [0, 0.1) is 0 Å². The molecule has 1 amide bonds. The number of rotatable bonds is 3. The van der Waals surface area contributed by atoms with Crippen LogP contribution in [0.25, 0.3) is 0 Å². The Morgan fingerprint density at radius 2 is 1.57 bits per heavy atom. The SMILES string of the molecule is NCC(=O)NCC(=O)O.[Cl-].[Cl-].[OH-].[OH-].[Pt+4]. The summed E-state index contributed by atoms with van der Waals surface area (Å²) in [5.41, 5.74) is 4.85. The first-order chi connectivity index (χ1) is 4.16. The Balaban J connectivity index is -0.0000000320. The zero-order valence-corrected chi connectivity index (χ0v) is 10.5. The first-order valence-electron chi connectivity index (χ1n) is 2.35. The van der Waals surface area contributed by atoms with Crippen LogP contribution < -0.4 is 35.9 Å². The minimum Gasteiger partial charge on any atom is -1.00 e. The summed E-state index contributed by atoms with van der Waals surface area (Å²) < 4.78 is 0. The number of carbonyl (C=O) groups excluding carboxylic acids is 1. The van der Waals surface area contributed by atoms with Crippen LogP contribution in [0.15, 0.2) is 0 Å². The molecule has 90 valence electrons. The number of hydrogen-bond acceptors (Lipinski definition) is 5. The molecule has 6 N–H and O–H groups in total. The Morgan fingerprint density at radius 3 is 1.79 bits per heavy atom. The molecule has 0 saturated heterocycles. The average molecular weight is 432 g/mol. The van der Waals surface area contributed by atoms with Crippen LogP contribution in [0.4, 0.5) is 0 Å². The molecule has 0 radical (unpaired) electrons. The van der Waals surface area contributed by atoms with Crippen molar-refractivity contribution in [1.82, 2.24) is 5.32 Å². The quantitative estimate of drug-likeness (QED) is 0.403. The molecular formula is C4H10Cl2N2O5Pt. The van der Waals surface area contributed by atoms with Gasteiger partial charge in [-0.2, -0.15) is 0 Å². The summed E-state index contributed by atoms with van der Waals surface area (Å²) in [6, 6.07) is 0. The Bertz CT molecular complexity index is 139. The number of carboxylic acid groups (broad SMARTS) is 1. The molecule has 0 heterocycles. The monoisotopic (exact) mass is 431 g/mol. The molecular weight excluding hydrogens is 422 g/mol. The van der Waals surface area contributed by atoms with Gasteiger partial charge in [0.05, 0.1) is 6.54 Å². The number of nitrogens with two attached hydrogens (primary N) is 1. The molecule has 10 heteroatoms. The summed E-state index contributed by atoms with van der Waals surface area (Å²) in [5.74, 6) is -1.53. The van der Waals surface area contributed by atoms with Gasteiger partial charge in [0, 0.05) is 0 Å². The van der Waals surface area contributed by atoms with Gasteiger partial charge in [-0.15, -0.1) is 0 Å². The van der Waals surface area contributed by atoms with Crippen LogP contribution in [-0.4, -0.2) is 41.0 Å². The maximum absolute atomic E-state index is 10.2. The molecule has 0 atom stereocenters. The fourth-order valence-corrected chi connectivity index (χ4v) is 0.246. The van der Waals surface area contributed by atoms with E-state index in [2.05, 4.69) is 5.32 Å². The molecule has 0 aliphatic rings. The van der Waals surface area contributed by atoms with E-state index in [0.29, 0.717) is 0 Å². The standard InChI is InChI=1S/C4H8N2O3.2ClH.2H2O.Pt/c5-1-3(7)6-2-4(8)9;;;;;/h1-2,5H2,(H,6,7)(H,8,9);2*1H;2*1H2;/q;;;;;+4/p-4. The van der Waals surface area contributed by atoms with Gasteiger partial charge in [0.15, 0.2) is 0 Å². The van der Waals surface area contributed by atoms with Crippen molar-refractivity contribution in [2.24, 2.45) is 5.73 Å². The Kier molecular flexibility index (Phi) is 61.0. The molecule has 0 fully saturated rings. The number of amides is 1. The molecule has 0 rings (SSSR count). The summed E-state index contributed by atoms with van der Waals surface area (Å²) in [6.07, 6.45) is 0. The minimum atomic E-state index is -1.07. The van der Waals surface area contributed by atoms with Gasteiger partial charge in [0.25, 0.3) is 0 Å². The number of halogens is 2. The molecule has 0 aliphatic carbocycles. The predicted molar refractivity (Wildman–Crippen MR) is 33.6 cm³/mol. The van der Waals surface area contributed by atoms with Gasteiger partial charge in [-0.1, -0.05) is 0 Å². The first kappa shape index (κ1) is 36.9. The second-order valence-electron chi connectivity index (χ2n) is 1.37. The Hall–Kier alpha value is 0.0883. The van der Waals surface area contributed by atoms with Crippen LogP contribution in [0.1, 0.15) is 0 Å². The molecule has 0 aliphatic heterocycles. The average Bonchev–Trinajstić information content (AvgIpc) is 1.83. The maximum atomic E-state index is 10.2. The fraction of sp³-hybridized carbons (Fsp3) is 0.500. The van der Waals surface area contributed by atoms with Gasteiger partial charge in [-0.25, -0.2) is 0 Å². The molecule has 0 unspecified atom stereocenters. The molecule has 0 aromatic carbocycles. The van der Waals surface area contributed by atoms with E-state index in [1.807, 2.05) is 0 Å². The normalized spacial score (nSPS) is 5.50. The van der Waals surface area contributed by atoms with E-state index in [1.165, 1.54) is 0 Å². The second kappa shape index (κ2) is 23.2. The zero-order chi connectivity index (χ0) is 7.28. The third kappa shape index (κ3) is 29.6. The Labute approximate surface area is 107 Å². The smallest absolute Gasteiger partial charge is 1.00 e. The first-order valence-corrected chi connectivity index (χ1v) is 2.35. The number of carbonyl (C=O) groups is 2. The third-order valence-corrected chi connectivity index (χ3v) is 0.622. The van der Waals surface area contributed by atoms with Gasteiger partial charge in [0.2, 0.25) is 5.91 Å². The van der Waals surface area contributed by atoms with Crippen molar-refractivity contribution in [3.05, 3.63) is 0 Å². The number of nitrogens with one attached hydrogen (secondary N) is 1. The van der Waals surface area contributed by atoms with E-state index >= 15 is 0 Å². The summed E-state index contributed by atoms with van der Waals surface area (Å²) >= 11 is 0. The number of aliphatic carboxylic acids is 1. The molecule has 0 bridgehead atoms. The van der Waals surface area contributed by atoms with E-state index in [-0.39, 0.29) is 69.9 Å². The fourth-order valence-electron chi connectivity index (χ4n) is 0.246. The van der Waals surface area contributed by atoms with Gasteiger partial charge in [0.1, 0.15) is 6.54 Å². The van der Waals surface area contributed by atoms with Crippen LogP contribution in [0.2, 0.25) is 0 Å². The van der Waals surface area contributed by atoms with Crippen molar-refractivity contribution in [1.29, 1.82) is 0 Å². The summed E-state index contributed by atoms with van der Waals surface area (Å²) in [4.78, 5) is 20.0. The van der Waals surface area contributed by atoms with Gasteiger partial charge < -0.3 is 51.9 Å². The van der Waals surface area contributed by atoms with Gasteiger partial charge in [-0.3, -0.25) is 9.59 Å². The van der Waals surface area contributed by atoms with E-state index in [1.54, 1.807) is 0 Å². The maximum Gasteiger partial charge on any atom is 4.00 e. The van der Waals surface area contributed by atoms with Crippen LogP contribution in [-0.2, 0) is 30.7 Å². The van der Waals surface area contributed by atoms with Crippen molar-refractivity contribution < 1.29 is 71.5 Å². The molecule has 0 saturated carbocycles. The topological polar surface area (TPSA) is 152 Å². The molecule has 7 nitrogen and oxygen atoms in total. The van der Waals surface area contributed by atoms with Crippen molar-refractivity contribution in [2.45, 2.75) is 0 Å². The summed E-state index contributed by atoms with van der Waals surface area (Å²) in [7, 11) is 0. The van der Waals surface area contributed by atoms with Crippen molar-refractivity contribution in [2.75, 3.05) is 13.1 Å². The molecule has 0 spiro atoms. The minimum absolute atomic E-state index is 0. The molecule has 14 heavy (non-hydrogen) atoms. The van der Waals surface area contributed by atoms with E-state index in [9.17, 15) is 9.59 Å². The Morgan fingerprint density at radius 1 is 1.21 bits per heavy atom. The second-order valence-corrected chi connectivity index (χ2v) is 1.37. The van der Waals surface area contributed by atoms with Crippen molar-refractivity contribution in [3.8, 4) is 0 Å². The van der Waals surface area contributed by atoms with E-state index in [0.717, 1.165) is 0 Å². The van der Waals surface area contributed by atoms with E-state index in [4.69, 9.17) is 10.8 Å². The number of hydrogen-bond donors (Lipinski definition) is 3. The zero-order valence-electron chi connectivity index (χ0n) is 6.72. The summed E-state index contributed by atoms with van der Waals surface area (Å²) in [5, 5.41) is 10.1. The third-order valence-electron chi connectivity index (χ3n) is 0.622.